The van der Waals surface area contributed by atoms with Gasteiger partial charge in [-0.25, -0.2) is 0 Å². The molecule has 0 radical (unpaired) electrons. The number of ether oxygens (including phenoxy) is 2. The summed E-state index contributed by atoms with van der Waals surface area (Å²) in [5.74, 6) is -0.0806. The molecule has 112 valence electrons. The predicted molar refractivity (Wildman–Crippen MR) is 75.9 cm³/mol. The third-order valence-corrected chi connectivity index (χ3v) is 3.73. The summed E-state index contributed by atoms with van der Waals surface area (Å²) >= 11 is 0. The Morgan fingerprint density at radius 1 is 1.48 bits per heavy atom. The van der Waals surface area contributed by atoms with E-state index in [1.165, 1.54) is 0 Å². The van der Waals surface area contributed by atoms with E-state index in [1.807, 2.05) is 24.3 Å². The Bertz CT molecular complexity index is 625. The normalized spacial score (nSPS) is 22.3. The van der Waals surface area contributed by atoms with E-state index in [0.29, 0.717) is 24.5 Å². The molecule has 2 aromatic rings. The fraction of sp³-hybridized carbons (Fsp3) is 0.467. The number of carbonyl (C=O) groups is 1. The molecule has 0 saturated carbocycles. The quantitative estimate of drug-likeness (QED) is 0.918. The molecule has 21 heavy (non-hydrogen) atoms. The van der Waals surface area contributed by atoms with Gasteiger partial charge in [0.25, 0.3) is 0 Å². The third kappa shape index (κ3) is 3.06. The van der Waals surface area contributed by atoms with Crippen LogP contribution in [-0.2, 0) is 20.7 Å². The molecular weight excluding hydrogens is 272 g/mol. The Balaban J connectivity index is 1.66. The van der Waals surface area contributed by atoms with Gasteiger partial charge in [-0.2, -0.15) is 0 Å². The van der Waals surface area contributed by atoms with Crippen LogP contribution in [0.4, 0.5) is 0 Å². The number of benzene rings is 1. The number of para-hydroxylation sites is 1. The second-order valence-corrected chi connectivity index (χ2v) is 5.11. The lowest BCUT2D eigenvalue weighted by molar-refractivity contribution is -0.124. The molecule has 3 rings (SSSR count). The fourth-order valence-corrected chi connectivity index (χ4v) is 2.58. The van der Waals surface area contributed by atoms with Crippen molar-refractivity contribution in [3.63, 3.8) is 0 Å². The molecule has 1 fully saturated rings. The van der Waals surface area contributed by atoms with Crippen molar-refractivity contribution < 1.29 is 18.8 Å². The van der Waals surface area contributed by atoms with Crippen LogP contribution in [0.5, 0.6) is 0 Å². The van der Waals surface area contributed by atoms with E-state index in [4.69, 9.17) is 14.0 Å². The van der Waals surface area contributed by atoms with Crippen molar-refractivity contribution in [2.75, 3.05) is 20.3 Å². The molecule has 1 N–H and O–H groups in total. The van der Waals surface area contributed by atoms with Crippen molar-refractivity contribution >= 4 is 16.9 Å². The highest BCUT2D eigenvalue weighted by Gasteiger charge is 2.27. The van der Waals surface area contributed by atoms with Crippen LogP contribution in [0.3, 0.4) is 0 Å². The van der Waals surface area contributed by atoms with E-state index in [0.717, 1.165) is 11.8 Å². The fourth-order valence-electron chi connectivity index (χ4n) is 2.58. The van der Waals surface area contributed by atoms with Crippen LogP contribution in [0.2, 0.25) is 0 Å². The Kier molecular flexibility index (Phi) is 4.17. The molecule has 0 aliphatic carbocycles. The van der Waals surface area contributed by atoms with Crippen LogP contribution in [0.15, 0.2) is 28.8 Å². The van der Waals surface area contributed by atoms with Gasteiger partial charge in [0.05, 0.1) is 19.1 Å². The molecule has 6 nitrogen and oxygen atoms in total. The third-order valence-electron chi connectivity index (χ3n) is 3.73. The van der Waals surface area contributed by atoms with E-state index in [9.17, 15) is 4.79 Å². The van der Waals surface area contributed by atoms with Gasteiger partial charge in [-0.1, -0.05) is 17.3 Å². The number of hydrogen-bond donors (Lipinski definition) is 1. The van der Waals surface area contributed by atoms with E-state index in [1.54, 1.807) is 7.11 Å². The molecule has 0 bridgehead atoms. The lowest BCUT2D eigenvalue weighted by atomic mass is 10.1. The smallest absolute Gasteiger partial charge is 0.226 e. The Hall–Kier alpha value is -1.92. The van der Waals surface area contributed by atoms with Gasteiger partial charge >= 0.3 is 0 Å². The van der Waals surface area contributed by atoms with Gasteiger partial charge in [0.15, 0.2) is 5.58 Å². The minimum atomic E-state index is -0.100. The number of carbonyl (C=O) groups excluding carboxylic acids is 1. The summed E-state index contributed by atoms with van der Waals surface area (Å²) in [6.07, 6.45) is 0.853. The largest absolute Gasteiger partial charge is 0.379 e. The molecule has 2 heterocycles. The second-order valence-electron chi connectivity index (χ2n) is 5.11. The van der Waals surface area contributed by atoms with Crippen molar-refractivity contribution in [2.45, 2.75) is 25.0 Å². The number of nitrogens with zero attached hydrogens (tertiary/aromatic N) is 1. The molecule has 1 aliphatic heterocycles. The molecule has 1 aromatic carbocycles. The van der Waals surface area contributed by atoms with Crippen LogP contribution in [0.25, 0.3) is 11.0 Å². The van der Waals surface area contributed by atoms with Crippen molar-refractivity contribution in [3.8, 4) is 0 Å². The van der Waals surface area contributed by atoms with Crippen molar-refractivity contribution in [1.29, 1.82) is 0 Å². The topological polar surface area (TPSA) is 73.6 Å². The highest BCUT2D eigenvalue weighted by Crippen LogP contribution is 2.18. The monoisotopic (exact) mass is 290 g/mol. The number of fused-ring (bicyclic) bond motifs is 1. The number of nitrogens with one attached hydrogen (secondary N) is 1. The zero-order valence-corrected chi connectivity index (χ0v) is 11.9. The van der Waals surface area contributed by atoms with Crippen LogP contribution in [0, 0.1) is 0 Å². The van der Waals surface area contributed by atoms with Gasteiger partial charge in [-0.3, -0.25) is 4.79 Å². The van der Waals surface area contributed by atoms with Gasteiger partial charge in [0.2, 0.25) is 5.91 Å². The number of aromatic nitrogens is 1. The van der Waals surface area contributed by atoms with E-state index >= 15 is 0 Å². The molecule has 0 unspecified atom stereocenters. The maximum Gasteiger partial charge on any atom is 0.226 e. The van der Waals surface area contributed by atoms with E-state index < -0.39 is 0 Å². The number of rotatable bonds is 4. The summed E-state index contributed by atoms with van der Waals surface area (Å²) in [7, 11) is 1.63. The summed E-state index contributed by atoms with van der Waals surface area (Å²) in [6.45, 7) is 1.14. The molecule has 1 saturated heterocycles. The number of amides is 1. The van der Waals surface area contributed by atoms with Crippen molar-refractivity contribution in [1.82, 2.24) is 10.5 Å². The van der Waals surface area contributed by atoms with Gasteiger partial charge in [0, 0.05) is 19.1 Å². The predicted octanol–water partition coefficient (Wildman–Crippen LogP) is 1.29. The summed E-state index contributed by atoms with van der Waals surface area (Å²) < 4.78 is 15.9. The van der Waals surface area contributed by atoms with Crippen LogP contribution in [-0.4, -0.2) is 43.5 Å². The lowest BCUT2D eigenvalue weighted by Crippen LogP contribution is -2.50. The molecule has 1 amide bonds. The van der Waals surface area contributed by atoms with Gasteiger partial charge in [-0.05, 0) is 18.6 Å². The summed E-state index contributed by atoms with van der Waals surface area (Å²) in [4.78, 5) is 12.2. The summed E-state index contributed by atoms with van der Waals surface area (Å²) in [5, 5.41) is 7.85. The van der Waals surface area contributed by atoms with E-state index in [-0.39, 0.29) is 24.5 Å². The average molecular weight is 290 g/mol. The van der Waals surface area contributed by atoms with Crippen molar-refractivity contribution in [2.24, 2.45) is 0 Å². The lowest BCUT2D eigenvalue weighted by Gasteiger charge is -2.30. The maximum absolute atomic E-state index is 12.2. The van der Waals surface area contributed by atoms with Crippen LogP contribution < -0.4 is 5.32 Å². The van der Waals surface area contributed by atoms with Gasteiger partial charge in [-0.15, -0.1) is 0 Å². The van der Waals surface area contributed by atoms with Gasteiger partial charge < -0.3 is 19.3 Å². The molecule has 0 spiro atoms. The number of hydrogen-bond acceptors (Lipinski definition) is 5. The molecular formula is C15H18N2O4. The zero-order valence-electron chi connectivity index (χ0n) is 11.9. The first-order chi connectivity index (χ1) is 10.3. The SMILES string of the molecule is CO[C@@H]1COCC[C@H]1NC(=O)Cc1noc2ccccc12. The van der Waals surface area contributed by atoms with Crippen molar-refractivity contribution in [3.05, 3.63) is 30.0 Å². The second kappa shape index (κ2) is 6.24. The van der Waals surface area contributed by atoms with Crippen LogP contribution in [0.1, 0.15) is 12.1 Å². The Labute approximate surface area is 122 Å². The summed E-state index contributed by atoms with van der Waals surface area (Å²) in [5.41, 5.74) is 1.35. The highest BCUT2D eigenvalue weighted by atomic mass is 16.5. The molecule has 1 aliphatic rings. The zero-order chi connectivity index (χ0) is 14.7. The van der Waals surface area contributed by atoms with E-state index in [2.05, 4.69) is 10.5 Å². The Morgan fingerprint density at radius 3 is 3.19 bits per heavy atom. The average Bonchev–Trinajstić information content (AvgIpc) is 2.91. The van der Waals surface area contributed by atoms with Crippen LogP contribution >= 0.6 is 0 Å². The highest BCUT2D eigenvalue weighted by molar-refractivity contribution is 5.86. The first-order valence-electron chi connectivity index (χ1n) is 7.01. The molecule has 6 heteroatoms. The Morgan fingerprint density at radius 2 is 2.33 bits per heavy atom. The minimum Gasteiger partial charge on any atom is -0.379 e. The molecule has 1 aromatic heterocycles. The first-order valence-corrected chi connectivity index (χ1v) is 7.01. The first kappa shape index (κ1) is 14.0. The van der Waals surface area contributed by atoms with Gasteiger partial charge in [0.1, 0.15) is 11.8 Å². The minimum absolute atomic E-state index is 0.0191. The molecule has 2 atom stereocenters. The maximum atomic E-state index is 12.2. The summed E-state index contributed by atoms with van der Waals surface area (Å²) in [6, 6.07) is 7.50. The standard InChI is InChI=1S/C15H18N2O4/c1-19-14-9-20-7-6-11(14)16-15(18)8-12-10-4-2-3-5-13(10)21-17-12/h2-5,11,14H,6-9H2,1H3,(H,16,18)/t11-,14-/m1/s1. The number of methoxy groups -OCH3 is 1.